The number of rotatable bonds is 5. The molecule has 1 saturated carbocycles. The maximum atomic E-state index is 12.9. The number of amides is 1. The van der Waals surface area contributed by atoms with Crippen LogP contribution in [0.15, 0.2) is 0 Å². The Hall–Kier alpha value is -0.780. The molecule has 1 rings (SSSR count). The van der Waals surface area contributed by atoms with Crippen molar-refractivity contribution in [2.75, 3.05) is 6.61 Å². The van der Waals surface area contributed by atoms with Gasteiger partial charge in [0.1, 0.15) is 0 Å². The minimum atomic E-state index is -4.29. The van der Waals surface area contributed by atoms with Crippen molar-refractivity contribution >= 4 is 5.91 Å². The quantitative estimate of drug-likeness (QED) is 0.814. The highest BCUT2D eigenvalue weighted by Crippen LogP contribution is 2.41. The molecule has 0 aliphatic heterocycles. The SMILES string of the molecule is CC(CCCO)NC(=O)C1CCCCC1C(F)(F)F. The van der Waals surface area contributed by atoms with E-state index in [9.17, 15) is 18.0 Å². The van der Waals surface area contributed by atoms with Crippen molar-refractivity contribution in [2.45, 2.75) is 57.7 Å². The first kappa shape index (κ1) is 16.3. The van der Waals surface area contributed by atoms with Crippen molar-refractivity contribution in [3.05, 3.63) is 0 Å². The Kier molecular flexibility index (Phi) is 6.10. The summed E-state index contributed by atoms with van der Waals surface area (Å²) in [5, 5.41) is 11.3. The Bertz CT molecular complexity index is 294. The number of carbonyl (C=O) groups is 1. The third-order valence-corrected chi connectivity index (χ3v) is 3.71. The molecule has 0 aromatic heterocycles. The zero-order chi connectivity index (χ0) is 14.5. The molecule has 0 aromatic rings. The normalized spacial score (nSPS) is 25.9. The molecular formula is C13H22F3NO2. The fraction of sp³-hybridized carbons (Fsp3) is 0.923. The van der Waals surface area contributed by atoms with Gasteiger partial charge in [0.15, 0.2) is 0 Å². The van der Waals surface area contributed by atoms with Crippen LogP contribution in [0.5, 0.6) is 0 Å². The largest absolute Gasteiger partial charge is 0.396 e. The van der Waals surface area contributed by atoms with Crippen LogP contribution >= 0.6 is 0 Å². The van der Waals surface area contributed by atoms with Gasteiger partial charge in [0.25, 0.3) is 0 Å². The summed E-state index contributed by atoms with van der Waals surface area (Å²) in [6, 6.07) is -0.199. The van der Waals surface area contributed by atoms with Crippen LogP contribution in [0, 0.1) is 11.8 Å². The van der Waals surface area contributed by atoms with E-state index in [1.165, 1.54) is 0 Å². The van der Waals surface area contributed by atoms with E-state index in [4.69, 9.17) is 5.11 Å². The molecule has 6 heteroatoms. The monoisotopic (exact) mass is 281 g/mol. The molecule has 0 bridgehead atoms. The second-order valence-electron chi connectivity index (χ2n) is 5.31. The van der Waals surface area contributed by atoms with Crippen LogP contribution in [0.3, 0.4) is 0 Å². The molecule has 1 aliphatic rings. The van der Waals surface area contributed by atoms with Gasteiger partial charge in [-0.1, -0.05) is 12.8 Å². The van der Waals surface area contributed by atoms with Gasteiger partial charge in [0.2, 0.25) is 5.91 Å². The van der Waals surface area contributed by atoms with Crippen molar-refractivity contribution in [3.63, 3.8) is 0 Å². The molecule has 3 nitrogen and oxygen atoms in total. The van der Waals surface area contributed by atoms with Crippen LogP contribution < -0.4 is 5.32 Å². The zero-order valence-electron chi connectivity index (χ0n) is 11.2. The first-order chi connectivity index (χ1) is 8.86. The average Bonchev–Trinajstić information content (AvgIpc) is 2.35. The van der Waals surface area contributed by atoms with Crippen LogP contribution in [0.25, 0.3) is 0 Å². The molecular weight excluding hydrogens is 259 g/mol. The Morgan fingerprint density at radius 2 is 2.00 bits per heavy atom. The average molecular weight is 281 g/mol. The van der Waals surface area contributed by atoms with Gasteiger partial charge in [0, 0.05) is 18.6 Å². The molecule has 2 N–H and O–H groups in total. The van der Waals surface area contributed by atoms with Gasteiger partial charge in [-0.15, -0.1) is 0 Å². The van der Waals surface area contributed by atoms with E-state index in [-0.39, 0.29) is 19.1 Å². The molecule has 1 amide bonds. The lowest BCUT2D eigenvalue weighted by Crippen LogP contribution is -2.45. The van der Waals surface area contributed by atoms with Gasteiger partial charge >= 0.3 is 6.18 Å². The number of alkyl halides is 3. The van der Waals surface area contributed by atoms with Gasteiger partial charge in [-0.25, -0.2) is 0 Å². The summed E-state index contributed by atoms with van der Waals surface area (Å²) >= 11 is 0. The van der Waals surface area contributed by atoms with Gasteiger partial charge in [-0.2, -0.15) is 13.2 Å². The van der Waals surface area contributed by atoms with E-state index < -0.39 is 23.9 Å². The summed E-state index contributed by atoms with van der Waals surface area (Å²) in [6.07, 6.45) is -1.61. The van der Waals surface area contributed by atoms with Crippen LogP contribution in [0.4, 0.5) is 13.2 Å². The summed E-state index contributed by atoms with van der Waals surface area (Å²) in [5.41, 5.74) is 0. The Labute approximate surface area is 111 Å². The van der Waals surface area contributed by atoms with Crippen LogP contribution in [0.2, 0.25) is 0 Å². The van der Waals surface area contributed by atoms with Crippen molar-refractivity contribution < 1.29 is 23.1 Å². The number of hydrogen-bond donors (Lipinski definition) is 2. The lowest BCUT2D eigenvalue weighted by molar-refractivity contribution is -0.198. The zero-order valence-corrected chi connectivity index (χ0v) is 11.2. The van der Waals surface area contributed by atoms with E-state index >= 15 is 0 Å². The Morgan fingerprint density at radius 3 is 2.58 bits per heavy atom. The number of halogens is 3. The lowest BCUT2D eigenvalue weighted by Gasteiger charge is -2.32. The van der Waals surface area contributed by atoms with Crippen molar-refractivity contribution in [2.24, 2.45) is 11.8 Å². The van der Waals surface area contributed by atoms with Crippen molar-refractivity contribution in [1.82, 2.24) is 5.32 Å². The topological polar surface area (TPSA) is 49.3 Å². The Balaban J connectivity index is 2.57. The molecule has 1 fully saturated rings. The van der Waals surface area contributed by atoms with E-state index in [1.54, 1.807) is 6.92 Å². The van der Waals surface area contributed by atoms with E-state index in [2.05, 4.69) is 5.32 Å². The molecule has 112 valence electrons. The van der Waals surface area contributed by atoms with E-state index in [0.29, 0.717) is 32.1 Å². The third-order valence-electron chi connectivity index (χ3n) is 3.71. The van der Waals surface area contributed by atoms with Crippen LogP contribution in [-0.2, 0) is 4.79 Å². The predicted molar refractivity (Wildman–Crippen MR) is 65.4 cm³/mol. The minimum absolute atomic E-state index is 0.0226. The molecule has 1 aliphatic carbocycles. The fourth-order valence-electron chi connectivity index (χ4n) is 2.66. The molecule has 0 aromatic carbocycles. The standard InChI is InChI=1S/C13H22F3NO2/c1-9(5-4-8-18)17-12(19)10-6-2-3-7-11(10)13(14,15)16/h9-11,18H,2-8H2,1H3,(H,17,19). The second-order valence-corrected chi connectivity index (χ2v) is 5.31. The molecule has 19 heavy (non-hydrogen) atoms. The number of carbonyl (C=O) groups excluding carboxylic acids is 1. The van der Waals surface area contributed by atoms with Gasteiger partial charge in [-0.3, -0.25) is 4.79 Å². The molecule has 3 atom stereocenters. The fourth-order valence-corrected chi connectivity index (χ4v) is 2.66. The van der Waals surface area contributed by atoms with E-state index in [1.807, 2.05) is 0 Å². The molecule has 0 radical (unpaired) electrons. The maximum absolute atomic E-state index is 12.9. The predicted octanol–water partition coefficient (Wildman–Crippen LogP) is 2.63. The Morgan fingerprint density at radius 1 is 1.37 bits per heavy atom. The van der Waals surface area contributed by atoms with Gasteiger partial charge in [0.05, 0.1) is 5.92 Å². The summed E-state index contributed by atoms with van der Waals surface area (Å²) in [7, 11) is 0. The number of aliphatic hydroxyl groups excluding tert-OH is 1. The summed E-state index contributed by atoms with van der Waals surface area (Å²) in [5.74, 6) is -2.95. The lowest BCUT2D eigenvalue weighted by atomic mass is 9.78. The van der Waals surface area contributed by atoms with Crippen molar-refractivity contribution in [3.8, 4) is 0 Å². The van der Waals surface area contributed by atoms with Gasteiger partial charge in [-0.05, 0) is 32.6 Å². The number of hydrogen-bond acceptors (Lipinski definition) is 2. The molecule has 3 unspecified atom stereocenters. The summed E-state index contributed by atoms with van der Waals surface area (Å²) < 4.78 is 38.6. The number of nitrogens with one attached hydrogen (secondary N) is 1. The minimum Gasteiger partial charge on any atom is -0.396 e. The molecule has 0 saturated heterocycles. The first-order valence-electron chi connectivity index (χ1n) is 6.84. The third kappa shape index (κ3) is 5.01. The molecule has 0 spiro atoms. The van der Waals surface area contributed by atoms with Crippen LogP contribution in [0.1, 0.15) is 45.4 Å². The maximum Gasteiger partial charge on any atom is 0.392 e. The highest BCUT2D eigenvalue weighted by atomic mass is 19.4. The van der Waals surface area contributed by atoms with Crippen molar-refractivity contribution in [1.29, 1.82) is 0 Å². The highest BCUT2D eigenvalue weighted by molar-refractivity contribution is 5.79. The van der Waals surface area contributed by atoms with Gasteiger partial charge < -0.3 is 10.4 Å². The highest BCUT2D eigenvalue weighted by Gasteiger charge is 2.48. The second kappa shape index (κ2) is 7.12. The summed E-state index contributed by atoms with van der Waals surface area (Å²) in [6.45, 7) is 1.77. The van der Waals surface area contributed by atoms with Crippen LogP contribution in [-0.4, -0.2) is 29.8 Å². The summed E-state index contributed by atoms with van der Waals surface area (Å²) in [4.78, 5) is 12.0. The van der Waals surface area contributed by atoms with E-state index in [0.717, 1.165) is 0 Å². The smallest absolute Gasteiger partial charge is 0.392 e. The number of aliphatic hydroxyl groups is 1. The molecule has 0 heterocycles. The first-order valence-corrected chi connectivity index (χ1v) is 6.84.